The van der Waals surface area contributed by atoms with Crippen LogP contribution < -0.4 is 11.5 Å². The molecule has 0 aliphatic carbocycles. The Morgan fingerprint density at radius 3 is 0.704 bits per heavy atom. The smallest absolute Gasteiger partial charge is 0.220 e. The average Bonchev–Trinajstić information content (AvgIpc) is 3.16. The fourth-order valence-electron chi connectivity index (χ4n) is 7.98. The highest BCUT2D eigenvalue weighted by Crippen LogP contribution is 2.22. The van der Waals surface area contributed by atoms with Gasteiger partial charge in [-0.05, 0) is 77.0 Å². The summed E-state index contributed by atoms with van der Waals surface area (Å²) in [5.41, 5.74) is 11.5. The number of primary amides is 2. The summed E-state index contributed by atoms with van der Waals surface area (Å²) in [5, 5.41) is 0. The molecule has 0 saturated carbocycles. The summed E-state index contributed by atoms with van der Waals surface area (Å²) in [6, 6.07) is 0. The van der Waals surface area contributed by atoms with Crippen LogP contribution in [0.25, 0.3) is 0 Å². The lowest BCUT2D eigenvalue weighted by atomic mass is 9.92. The summed E-state index contributed by atoms with van der Waals surface area (Å²) < 4.78 is 0. The topological polar surface area (TPSA) is 86.2 Å². The molecule has 0 heterocycles. The number of hydrogen-bond donors (Lipinski definition) is 2. The highest BCUT2D eigenvalue weighted by molar-refractivity contribution is 5.76. The largest absolute Gasteiger partial charge is 0.369 e. The van der Waals surface area contributed by atoms with Crippen molar-refractivity contribution in [1.29, 1.82) is 0 Å². The average molecular weight is 757 g/mol. The Bertz CT molecular complexity index is 768. The van der Waals surface area contributed by atoms with Gasteiger partial charge in [0.05, 0.1) is 0 Å². The quantitative estimate of drug-likeness (QED) is 0.0479. The molecule has 0 bridgehead atoms. The van der Waals surface area contributed by atoms with Crippen LogP contribution in [-0.2, 0) is 9.59 Å². The minimum atomic E-state index is -0.119. The summed E-state index contributed by atoms with van der Waals surface area (Å²) in [5.74, 6) is -0.184. The maximum atomic E-state index is 12.1. The van der Waals surface area contributed by atoms with Gasteiger partial charge in [-0.15, -0.1) is 0 Å². The van der Waals surface area contributed by atoms with Gasteiger partial charge in [0.2, 0.25) is 11.8 Å². The van der Waals surface area contributed by atoms with E-state index < -0.39 is 0 Å². The van der Waals surface area contributed by atoms with E-state index in [-0.39, 0.29) is 23.7 Å². The minimum Gasteiger partial charge on any atom is -0.369 e. The Morgan fingerprint density at radius 1 is 0.315 bits per heavy atom. The fourth-order valence-corrected chi connectivity index (χ4v) is 7.98. The molecule has 4 N–H and O–H groups in total. The van der Waals surface area contributed by atoms with Crippen molar-refractivity contribution >= 4 is 11.8 Å². The molecule has 0 aliphatic rings. The van der Waals surface area contributed by atoms with E-state index in [1.165, 1.54) is 193 Å². The SMILES string of the molecule is CCCCCCCC/C=C\CCCCCCCCCCC(CCCCCCC(CCCCCCCCCC/C=C\CCCCCCCC)C(N)=O)C(N)=O. The summed E-state index contributed by atoms with van der Waals surface area (Å²) in [4.78, 5) is 24.1. The third-order valence-electron chi connectivity index (χ3n) is 11.8. The van der Waals surface area contributed by atoms with Crippen molar-refractivity contribution in [2.75, 3.05) is 0 Å². The molecule has 318 valence electrons. The summed E-state index contributed by atoms with van der Waals surface area (Å²) >= 11 is 0. The van der Waals surface area contributed by atoms with E-state index in [1.54, 1.807) is 0 Å². The van der Waals surface area contributed by atoms with Crippen molar-refractivity contribution < 1.29 is 9.59 Å². The Balaban J connectivity index is 3.66. The third-order valence-corrected chi connectivity index (χ3v) is 11.8. The summed E-state index contributed by atoms with van der Waals surface area (Å²) in [7, 11) is 0. The second-order valence-corrected chi connectivity index (χ2v) is 17.1. The number of allylic oxidation sites excluding steroid dienone is 4. The molecule has 0 radical (unpaired) electrons. The number of nitrogens with two attached hydrogens (primary N) is 2. The molecule has 0 fully saturated rings. The van der Waals surface area contributed by atoms with Gasteiger partial charge in [-0.1, -0.05) is 218 Å². The van der Waals surface area contributed by atoms with Gasteiger partial charge in [0.25, 0.3) is 0 Å². The number of hydrogen-bond acceptors (Lipinski definition) is 2. The van der Waals surface area contributed by atoms with Crippen molar-refractivity contribution in [2.24, 2.45) is 23.3 Å². The molecule has 4 nitrogen and oxygen atoms in total. The molecule has 4 heteroatoms. The van der Waals surface area contributed by atoms with Crippen LogP contribution in [0, 0.1) is 11.8 Å². The van der Waals surface area contributed by atoms with Crippen LogP contribution in [0.1, 0.15) is 271 Å². The van der Waals surface area contributed by atoms with E-state index in [9.17, 15) is 9.59 Å². The molecule has 2 unspecified atom stereocenters. The van der Waals surface area contributed by atoms with Gasteiger partial charge < -0.3 is 11.5 Å². The predicted octanol–water partition coefficient (Wildman–Crippen LogP) is 15.9. The molecular formula is C50H96N2O2. The lowest BCUT2D eigenvalue weighted by molar-refractivity contribution is -0.123. The van der Waals surface area contributed by atoms with E-state index in [0.717, 1.165) is 64.2 Å². The second-order valence-electron chi connectivity index (χ2n) is 17.1. The molecule has 2 atom stereocenters. The standard InChI is InChI=1S/C50H96N2O2/c1-3-5-7-9-11-13-15-17-19-21-23-25-27-29-31-33-35-39-43-47(49(51)53)45-41-37-38-42-46-48(50(52)54)44-40-36-34-32-30-28-26-24-22-20-18-16-14-12-10-8-6-4-2/h17-20,47-48H,3-16,21-46H2,1-2H3,(H2,51,53)(H2,52,54)/b19-17-,20-18-. The molecule has 0 aliphatic heterocycles. The van der Waals surface area contributed by atoms with Gasteiger partial charge >= 0.3 is 0 Å². The highest BCUT2D eigenvalue weighted by Gasteiger charge is 2.16. The van der Waals surface area contributed by atoms with Crippen molar-refractivity contribution in [3.8, 4) is 0 Å². The number of rotatable bonds is 45. The van der Waals surface area contributed by atoms with Gasteiger partial charge in [-0.2, -0.15) is 0 Å². The maximum absolute atomic E-state index is 12.1. The van der Waals surface area contributed by atoms with Crippen LogP contribution in [0.3, 0.4) is 0 Å². The molecule has 2 amide bonds. The van der Waals surface area contributed by atoms with Gasteiger partial charge in [-0.25, -0.2) is 0 Å². The molecule has 0 aromatic rings. The zero-order valence-corrected chi connectivity index (χ0v) is 36.7. The number of carbonyl (C=O) groups is 2. The molecule has 0 spiro atoms. The number of carbonyl (C=O) groups excluding carboxylic acids is 2. The zero-order valence-electron chi connectivity index (χ0n) is 36.7. The van der Waals surface area contributed by atoms with Crippen LogP contribution >= 0.6 is 0 Å². The van der Waals surface area contributed by atoms with Crippen LogP contribution in [0.4, 0.5) is 0 Å². The zero-order chi connectivity index (χ0) is 39.4. The highest BCUT2D eigenvalue weighted by atomic mass is 16.1. The lowest BCUT2D eigenvalue weighted by Crippen LogP contribution is -2.23. The van der Waals surface area contributed by atoms with Crippen LogP contribution in [0.15, 0.2) is 24.3 Å². The summed E-state index contributed by atoms with van der Waals surface area (Å²) in [6.07, 6.45) is 60.0. The van der Waals surface area contributed by atoms with E-state index in [1.807, 2.05) is 0 Å². The first-order valence-corrected chi connectivity index (χ1v) is 24.4. The van der Waals surface area contributed by atoms with Gasteiger partial charge in [-0.3, -0.25) is 9.59 Å². The monoisotopic (exact) mass is 757 g/mol. The number of unbranched alkanes of at least 4 members (excludes halogenated alkanes) is 31. The first-order chi connectivity index (χ1) is 26.5. The first-order valence-electron chi connectivity index (χ1n) is 24.4. The molecule has 0 aromatic heterocycles. The normalized spacial score (nSPS) is 13.0. The summed E-state index contributed by atoms with van der Waals surface area (Å²) in [6.45, 7) is 4.56. The van der Waals surface area contributed by atoms with E-state index >= 15 is 0 Å². The Hall–Kier alpha value is -1.58. The number of amides is 2. The van der Waals surface area contributed by atoms with Gasteiger partial charge in [0, 0.05) is 11.8 Å². The Morgan fingerprint density at radius 2 is 0.500 bits per heavy atom. The van der Waals surface area contributed by atoms with Crippen molar-refractivity contribution in [3.05, 3.63) is 24.3 Å². The Kier molecular flexibility index (Phi) is 42.8. The van der Waals surface area contributed by atoms with Gasteiger partial charge in [0.1, 0.15) is 0 Å². The van der Waals surface area contributed by atoms with Crippen LogP contribution in [-0.4, -0.2) is 11.8 Å². The van der Waals surface area contributed by atoms with Crippen molar-refractivity contribution in [2.45, 2.75) is 271 Å². The van der Waals surface area contributed by atoms with Gasteiger partial charge in [0.15, 0.2) is 0 Å². The molecule has 54 heavy (non-hydrogen) atoms. The van der Waals surface area contributed by atoms with Crippen LogP contribution in [0.5, 0.6) is 0 Å². The first kappa shape index (κ1) is 52.4. The Labute approximate surface area is 338 Å². The fraction of sp³-hybridized carbons (Fsp3) is 0.880. The maximum Gasteiger partial charge on any atom is 0.220 e. The lowest BCUT2D eigenvalue weighted by Gasteiger charge is -2.14. The van der Waals surface area contributed by atoms with Crippen molar-refractivity contribution in [3.63, 3.8) is 0 Å². The van der Waals surface area contributed by atoms with Crippen LogP contribution in [0.2, 0.25) is 0 Å². The third kappa shape index (κ3) is 40.1. The van der Waals surface area contributed by atoms with Crippen molar-refractivity contribution in [1.82, 2.24) is 0 Å². The molecule has 0 aromatic carbocycles. The van der Waals surface area contributed by atoms with E-state index in [0.29, 0.717) is 0 Å². The van der Waals surface area contributed by atoms with E-state index in [2.05, 4.69) is 38.2 Å². The molecule has 0 rings (SSSR count). The molecular weight excluding hydrogens is 661 g/mol. The second kappa shape index (κ2) is 44.1. The predicted molar refractivity (Wildman–Crippen MR) is 240 cm³/mol. The minimum absolute atomic E-state index is 0.0270. The molecule has 0 saturated heterocycles. The van der Waals surface area contributed by atoms with E-state index in [4.69, 9.17) is 11.5 Å².